The maximum atomic E-state index is 12.4. The zero-order valence-electron chi connectivity index (χ0n) is 7.49. The van der Waals surface area contributed by atoms with Gasteiger partial charge in [0.05, 0.1) is 5.56 Å². The van der Waals surface area contributed by atoms with Crippen molar-refractivity contribution < 1.29 is 26.7 Å². The van der Waals surface area contributed by atoms with Crippen LogP contribution in [0.4, 0.5) is 27.6 Å². The molecule has 0 radical (unpaired) electrons. The lowest BCUT2D eigenvalue weighted by atomic mass is 10.1. The van der Waals surface area contributed by atoms with Gasteiger partial charge in [-0.25, -0.2) is 0 Å². The van der Waals surface area contributed by atoms with Crippen LogP contribution in [0.15, 0.2) is 16.6 Å². The van der Waals surface area contributed by atoms with Crippen LogP contribution in [0.1, 0.15) is 5.56 Å². The van der Waals surface area contributed by atoms with Crippen LogP contribution in [-0.4, -0.2) is 6.61 Å². The fourth-order valence-electron chi connectivity index (χ4n) is 1.07. The number of hydrogen-bond donors (Lipinski definition) is 1. The monoisotopic (exact) mass is 305 g/mol. The van der Waals surface area contributed by atoms with E-state index in [0.717, 1.165) is 6.07 Å². The smallest absolute Gasteiger partial charge is 0.419 e. The maximum absolute atomic E-state index is 12.4. The van der Waals surface area contributed by atoms with E-state index in [9.17, 15) is 22.0 Å². The summed E-state index contributed by atoms with van der Waals surface area (Å²) >= 11 is 2.60. The Morgan fingerprint density at radius 2 is 1.81 bits per heavy atom. The van der Waals surface area contributed by atoms with Gasteiger partial charge >= 0.3 is 12.8 Å². The molecule has 0 spiro atoms. The number of ether oxygens (including phenoxy) is 1. The fraction of sp³-hybridized carbons (Fsp3) is 0.250. The second-order valence-corrected chi connectivity index (χ2v) is 3.60. The van der Waals surface area contributed by atoms with E-state index in [1.165, 1.54) is 0 Å². The standard InChI is InChI=1S/C8H5BrF5NO/c9-4-1-3(16-7(10)11)2-5(15)6(4)8(12,13)14/h1-2,7H,15H2. The number of alkyl halides is 5. The lowest BCUT2D eigenvalue weighted by Crippen LogP contribution is -2.11. The minimum Gasteiger partial charge on any atom is -0.435 e. The second-order valence-electron chi connectivity index (χ2n) is 2.75. The SMILES string of the molecule is Nc1cc(OC(F)F)cc(Br)c1C(F)(F)F. The molecular weight excluding hydrogens is 301 g/mol. The molecule has 0 aliphatic carbocycles. The summed E-state index contributed by atoms with van der Waals surface area (Å²) in [7, 11) is 0. The van der Waals surface area contributed by atoms with E-state index in [-0.39, 0.29) is 0 Å². The first-order valence-corrected chi connectivity index (χ1v) is 4.62. The molecule has 0 aliphatic heterocycles. The van der Waals surface area contributed by atoms with E-state index in [0.29, 0.717) is 6.07 Å². The predicted molar refractivity (Wildman–Crippen MR) is 50.2 cm³/mol. The van der Waals surface area contributed by atoms with Gasteiger partial charge in [-0.2, -0.15) is 22.0 Å². The number of rotatable bonds is 2. The molecule has 0 saturated carbocycles. The molecule has 0 unspecified atom stereocenters. The van der Waals surface area contributed by atoms with Crippen LogP contribution in [0.5, 0.6) is 5.75 Å². The van der Waals surface area contributed by atoms with Crippen molar-refractivity contribution in [3.05, 3.63) is 22.2 Å². The molecule has 0 amide bonds. The third-order valence-corrected chi connectivity index (χ3v) is 2.23. The van der Waals surface area contributed by atoms with Gasteiger partial charge in [0, 0.05) is 16.2 Å². The second kappa shape index (κ2) is 4.44. The summed E-state index contributed by atoms with van der Waals surface area (Å²) in [5.74, 6) is -0.438. The van der Waals surface area contributed by atoms with Crippen molar-refractivity contribution in [1.82, 2.24) is 0 Å². The minimum atomic E-state index is -4.66. The summed E-state index contributed by atoms with van der Waals surface area (Å²) in [6, 6.07) is 1.48. The maximum Gasteiger partial charge on any atom is 0.419 e. The van der Waals surface area contributed by atoms with Crippen molar-refractivity contribution in [2.45, 2.75) is 12.8 Å². The van der Waals surface area contributed by atoms with Crippen LogP contribution in [0, 0.1) is 0 Å². The van der Waals surface area contributed by atoms with Crippen molar-refractivity contribution >= 4 is 21.6 Å². The average Bonchev–Trinajstić information content (AvgIpc) is 1.96. The van der Waals surface area contributed by atoms with Crippen LogP contribution >= 0.6 is 15.9 Å². The highest BCUT2D eigenvalue weighted by atomic mass is 79.9. The molecule has 0 saturated heterocycles. The zero-order chi connectivity index (χ0) is 12.5. The normalized spacial score (nSPS) is 11.9. The summed E-state index contributed by atoms with van der Waals surface area (Å²) < 4.78 is 64.3. The topological polar surface area (TPSA) is 35.2 Å². The fourth-order valence-corrected chi connectivity index (χ4v) is 1.75. The summed E-state index contributed by atoms with van der Waals surface area (Å²) in [5.41, 5.74) is 3.31. The largest absolute Gasteiger partial charge is 0.435 e. The predicted octanol–water partition coefficient (Wildman–Crippen LogP) is 3.65. The van der Waals surface area contributed by atoms with E-state index in [4.69, 9.17) is 5.73 Å². The highest BCUT2D eigenvalue weighted by molar-refractivity contribution is 9.10. The molecule has 0 atom stereocenters. The number of nitrogens with two attached hydrogens (primary N) is 1. The third-order valence-electron chi connectivity index (χ3n) is 1.60. The van der Waals surface area contributed by atoms with E-state index in [1.807, 2.05) is 0 Å². The van der Waals surface area contributed by atoms with Crippen molar-refractivity contribution in [2.75, 3.05) is 5.73 Å². The molecule has 1 aromatic rings. The molecular formula is C8H5BrF5NO. The van der Waals surface area contributed by atoms with E-state index in [2.05, 4.69) is 20.7 Å². The van der Waals surface area contributed by atoms with Gasteiger partial charge in [-0.05, 0) is 22.0 Å². The molecule has 1 aromatic carbocycles. The van der Waals surface area contributed by atoms with Crippen molar-refractivity contribution in [3.63, 3.8) is 0 Å². The Bertz CT molecular complexity index is 370. The lowest BCUT2D eigenvalue weighted by molar-refractivity contribution is -0.137. The third kappa shape index (κ3) is 2.97. The van der Waals surface area contributed by atoms with Crippen LogP contribution in [0.3, 0.4) is 0 Å². The number of nitrogen functional groups attached to an aromatic ring is 1. The van der Waals surface area contributed by atoms with Crippen LogP contribution in [-0.2, 0) is 6.18 Å². The molecule has 0 bridgehead atoms. The van der Waals surface area contributed by atoms with Gasteiger partial charge in [0.15, 0.2) is 0 Å². The Balaban J connectivity index is 3.18. The molecule has 0 heterocycles. The Hall–Kier alpha value is -1.05. The highest BCUT2D eigenvalue weighted by Gasteiger charge is 2.35. The van der Waals surface area contributed by atoms with Gasteiger partial charge in [-0.1, -0.05) is 0 Å². The lowest BCUT2D eigenvalue weighted by Gasteiger charge is -2.14. The molecule has 8 heteroatoms. The van der Waals surface area contributed by atoms with E-state index in [1.54, 1.807) is 0 Å². The molecule has 2 nitrogen and oxygen atoms in total. The molecule has 0 aromatic heterocycles. The first-order valence-electron chi connectivity index (χ1n) is 3.83. The van der Waals surface area contributed by atoms with Gasteiger partial charge in [-0.3, -0.25) is 0 Å². The Kier molecular flexibility index (Phi) is 3.61. The first kappa shape index (κ1) is 13.0. The molecule has 0 fully saturated rings. The van der Waals surface area contributed by atoms with E-state index < -0.39 is 34.3 Å². The van der Waals surface area contributed by atoms with Crippen molar-refractivity contribution in [1.29, 1.82) is 0 Å². The van der Waals surface area contributed by atoms with Gasteiger partial charge in [0.1, 0.15) is 5.75 Å². The highest BCUT2D eigenvalue weighted by Crippen LogP contribution is 2.41. The summed E-state index contributed by atoms with van der Waals surface area (Å²) in [6.45, 7) is -3.12. The number of benzene rings is 1. The van der Waals surface area contributed by atoms with Crippen molar-refractivity contribution in [3.8, 4) is 5.75 Å². The summed E-state index contributed by atoms with van der Waals surface area (Å²) in [6.07, 6.45) is -4.66. The van der Waals surface area contributed by atoms with Gasteiger partial charge in [-0.15, -0.1) is 0 Å². The Morgan fingerprint density at radius 3 is 2.19 bits per heavy atom. The Morgan fingerprint density at radius 1 is 1.25 bits per heavy atom. The number of halogens is 6. The van der Waals surface area contributed by atoms with Crippen LogP contribution in [0.25, 0.3) is 0 Å². The molecule has 2 N–H and O–H groups in total. The number of anilines is 1. The average molecular weight is 306 g/mol. The zero-order valence-corrected chi connectivity index (χ0v) is 9.07. The first-order chi connectivity index (χ1) is 7.21. The Labute approximate surface area is 95.3 Å². The van der Waals surface area contributed by atoms with E-state index >= 15 is 0 Å². The summed E-state index contributed by atoms with van der Waals surface area (Å²) in [4.78, 5) is 0. The van der Waals surface area contributed by atoms with Gasteiger partial charge in [0.2, 0.25) is 0 Å². The molecule has 0 aliphatic rings. The molecule has 16 heavy (non-hydrogen) atoms. The number of hydrogen-bond acceptors (Lipinski definition) is 2. The van der Waals surface area contributed by atoms with Crippen molar-refractivity contribution in [2.24, 2.45) is 0 Å². The molecule has 1 rings (SSSR count). The summed E-state index contributed by atoms with van der Waals surface area (Å²) in [5, 5.41) is 0. The van der Waals surface area contributed by atoms with Crippen LogP contribution in [0.2, 0.25) is 0 Å². The quantitative estimate of drug-likeness (QED) is 0.668. The van der Waals surface area contributed by atoms with Gasteiger partial charge < -0.3 is 10.5 Å². The van der Waals surface area contributed by atoms with Crippen LogP contribution < -0.4 is 10.5 Å². The minimum absolute atomic E-state index is 0.438. The van der Waals surface area contributed by atoms with Gasteiger partial charge in [0.25, 0.3) is 0 Å². The molecule has 90 valence electrons.